The van der Waals surface area contributed by atoms with Crippen molar-refractivity contribution in [2.24, 2.45) is 5.92 Å². The molecule has 0 saturated carbocycles. The van der Waals surface area contributed by atoms with Gasteiger partial charge < -0.3 is 19.9 Å². The quantitative estimate of drug-likeness (QED) is 0.580. The summed E-state index contributed by atoms with van der Waals surface area (Å²) in [4.78, 5) is 53.1. The summed E-state index contributed by atoms with van der Waals surface area (Å²) in [5.74, 6) is -1.09. The molecule has 2 fully saturated rings. The Bertz CT molecular complexity index is 843. The molecule has 4 rings (SSSR count). The van der Waals surface area contributed by atoms with Gasteiger partial charge in [-0.25, -0.2) is 0 Å². The van der Waals surface area contributed by atoms with E-state index in [0.717, 1.165) is 28.7 Å². The second kappa shape index (κ2) is 7.58. The lowest BCUT2D eigenvalue weighted by atomic mass is 9.99. The molecule has 148 valence electrons. The van der Waals surface area contributed by atoms with E-state index in [1.807, 2.05) is 18.2 Å². The van der Waals surface area contributed by atoms with Gasteiger partial charge in [0.1, 0.15) is 12.3 Å². The minimum Gasteiger partial charge on any atom is -0.344 e. The van der Waals surface area contributed by atoms with Crippen LogP contribution in [-0.4, -0.2) is 52.4 Å². The van der Waals surface area contributed by atoms with Gasteiger partial charge in [0.05, 0.1) is 6.04 Å². The fourth-order valence-electron chi connectivity index (χ4n) is 4.41. The molecular weight excluding hydrogens is 378 g/mol. The number of thiol groups is 1. The number of fused-ring (bicyclic) bond motifs is 1. The third-order valence-electron chi connectivity index (χ3n) is 5.98. The van der Waals surface area contributed by atoms with Gasteiger partial charge in [-0.2, -0.15) is 0 Å². The van der Waals surface area contributed by atoms with Crippen LogP contribution in [0.1, 0.15) is 36.8 Å². The molecular formula is C20H23N3O4S. The monoisotopic (exact) mass is 401 g/mol. The van der Waals surface area contributed by atoms with Crippen LogP contribution in [0.4, 0.5) is 0 Å². The van der Waals surface area contributed by atoms with E-state index in [-0.39, 0.29) is 24.1 Å². The Labute approximate surface area is 168 Å². The van der Waals surface area contributed by atoms with Crippen LogP contribution in [0.2, 0.25) is 0 Å². The van der Waals surface area contributed by atoms with Crippen molar-refractivity contribution in [3.05, 3.63) is 29.3 Å². The lowest BCUT2D eigenvalue weighted by Gasteiger charge is -2.23. The van der Waals surface area contributed by atoms with Crippen LogP contribution in [0.25, 0.3) is 0 Å². The average molecular weight is 401 g/mol. The molecule has 2 saturated heterocycles. The van der Waals surface area contributed by atoms with Crippen LogP contribution in [0, 0.1) is 5.92 Å². The molecule has 0 bridgehead atoms. The Morgan fingerprint density at radius 3 is 2.86 bits per heavy atom. The summed E-state index contributed by atoms with van der Waals surface area (Å²) in [6.45, 7) is 1.56. The van der Waals surface area contributed by atoms with Gasteiger partial charge in [-0.15, -0.1) is 12.6 Å². The number of nitrogens with zero attached hydrogens (tertiary/aromatic N) is 2. The van der Waals surface area contributed by atoms with Crippen molar-refractivity contribution in [2.75, 3.05) is 6.54 Å². The summed E-state index contributed by atoms with van der Waals surface area (Å²) in [5.41, 5.74) is 2.13. The van der Waals surface area contributed by atoms with Crippen LogP contribution in [0.5, 0.6) is 0 Å². The normalized spacial score (nSPS) is 26.3. The lowest BCUT2D eigenvalue weighted by Crippen LogP contribution is -2.46. The summed E-state index contributed by atoms with van der Waals surface area (Å²) < 4.78 is 0. The van der Waals surface area contributed by atoms with Crippen molar-refractivity contribution in [3.63, 3.8) is 0 Å². The lowest BCUT2D eigenvalue weighted by molar-refractivity contribution is -0.137. The molecule has 0 unspecified atom stereocenters. The Morgan fingerprint density at radius 1 is 1.29 bits per heavy atom. The molecule has 1 aromatic carbocycles. The first-order chi connectivity index (χ1) is 13.5. The van der Waals surface area contributed by atoms with Crippen molar-refractivity contribution in [2.45, 2.75) is 55.8 Å². The maximum Gasteiger partial charge on any atom is 0.245 e. The Hall–Kier alpha value is -2.35. The Morgan fingerprint density at radius 2 is 2.11 bits per heavy atom. The maximum absolute atomic E-state index is 12.7. The van der Waals surface area contributed by atoms with Crippen molar-refractivity contribution >= 4 is 36.6 Å². The number of amides is 3. The predicted octanol–water partition coefficient (Wildman–Crippen LogP) is 0.902. The zero-order valence-electron chi connectivity index (χ0n) is 15.5. The number of hydrogen-bond donors (Lipinski definition) is 2. The van der Waals surface area contributed by atoms with Crippen LogP contribution in [0.15, 0.2) is 23.1 Å². The van der Waals surface area contributed by atoms with Gasteiger partial charge in [0.15, 0.2) is 0 Å². The first kappa shape index (κ1) is 19.0. The van der Waals surface area contributed by atoms with E-state index in [1.54, 1.807) is 9.80 Å². The molecule has 0 aliphatic carbocycles. The predicted molar refractivity (Wildman–Crippen MR) is 103 cm³/mol. The van der Waals surface area contributed by atoms with E-state index in [4.69, 9.17) is 0 Å². The van der Waals surface area contributed by atoms with E-state index in [9.17, 15) is 19.2 Å². The highest BCUT2D eigenvalue weighted by Crippen LogP contribution is 2.30. The Kier molecular flexibility index (Phi) is 5.14. The van der Waals surface area contributed by atoms with Gasteiger partial charge in [-0.05, 0) is 36.5 Å². The maximum atomic E-state index is 12.7. The van der Waals surface area contributed by atoms with Gasteiger partial charge in [-0.1, -0.05) is 12.1 Å². The molecule has 0 radical (unpaired) electrons. The number of carbonyl (C=O) groups excluding carboxylic acids is 4. The first-order valence-corrected chi connectivity index (χ1v) is 10.1. The molecule has 3 heterocycles. The summed E-state index contributed by atoms with van der Waals surface area (Å²) >= 11 is 4.45. The number of aldehydes is 1. The Balaban J connectivity index is 1.36. The van der Waals surface area contributed by atoms with Gasteiger partial charge in [0, 0.05) is 36.9 Å². The van der Waals surface area contributed by atoms with Gasteiger partial charge in [-0.3, -0.25) is 14.4 Å². The number of hydrogen-bond acceptors (Lipinski definition) is 5. The smallest absolute Gasteiger partial charge is 0.245 e. The van der Waals surface area contributed by atoms with Crippen molar-refractivity contribution in [3.8, 4) is 0 Å². The van der Waals surface area contributed by atoms with Gasteiger partial charge >= 0.3 is 0 Å². The summed E-state index contributed by atoms with van der Waals surface area (Å²) in [6.07, 6.45) is 2.64. The highest BCUT2D eigenvalue weighted by Gasteiger charge is 2.42. The topological polar surface area (TPSA) is 86.8 Å². The molecule has 3 amide bonds. The number of carbonyl (C=O) groups is 4. The van der Waals surface area contributed by atoms with E-state index in [2.05, 4.69) is 17.9 Å². The van der Waals surface area contributed by atoms with Crippen molar-refractivity contribution in [1.29, 1.82) is 0 Å². The van der Waals surface area contributed by atoms with Gasteiger partial charge in [0.2, 0.25) is 17.7 Å². The van der Waals surface area contributed by atoms with Crippen LogP contribution >= 0.6 is 12.6 Å². The summed E-state index contributed by atoms with van der Waals surface area (Å²) in [5, 5.41) is 2.72. The molecule has 28 heavy (non-hydrogen) atoms. The second-order valence-corrected chi connectivity index (χ2v) is 8.22. The standard InChI is InChI=1S/C20H23N3O4S/c24-11-14-4-2-6-23(14)20(27)16-7-13(19(26)21-16)8-18(25)22-9-12-3-1-5-17(28)15(12)10-22/h1,3,5,11,13-14,16,28H,2,4,6-10H2,(H,21,26)/t13-,14-,16-/m0/s1. The van der Waals surface area contributed by atoms with Crippen LogP contribution < -0.4 is 5.32 Å². The summed E-state index contributed by atoms with van der Waals surface area (Å²) in [7, 11) is 0. The highest BCUT2D eigenvalue weighted by atomic mass is 32.1. The third-order valence-corrected chi connectivity index (χ3v) is 6.40. The molecule has 3 atom stereocenters. The molecule has 3 aliphatic rings. The van der Waals surface area contributed by atoms with Crippen LogP contribution in [-0.2, 0) is 32.3 Å². The molecule has 7 nitrogen and oxygen atoms in total. The average Bonchev–Trinajstić information content (AvgIpc) is 3.40. The number of rotatable bonds is 4. The largest absolute Gasteiger partial charge is 0.344 e. The first-order valence-electron chi connectivity index (χ1n) is 9.61. The number of likely N-dealkylation sites (tertiary alicyclic amines) is 1. The molecule has 8 heteroatoms. The molecule has 3 aliphatic heterocycles. The molecule has 0 aromatic heterocycles. The highest BCUT2D eigenvalue weighted by molar-refractivity contribution is 7.80. The molecule has 1 aromatic rings. The third kappa shape index (κ3) is 3.41. The fraction of sp³-hybridized carbons (Fsp3) is 0.500. The zero-order valence-corrected chi connectivity index (χ0v) is 16.4. The van der Waals surface area contributed by atoms with E-state index < -0.39 is 18.0 Å². The summed E-state index contributed by atoms with van der Waals surface area (Å²) in [6, 6.07) is 4.76. The van der Waals surface area contributed by atoms with Crippen molar-refractivity contribution < 1.29 is 19.2 Å². The van der Waals surface area contributed by atoms with E-state index in [0.29, 0.717) is 32.5 Å². The van der Waals surface area contributed by atoms with E-state index >= 15 is 0 Å². The number of nitrogens with one attached hydrogen (secondary N) is 1. The fourth-order valence-corrected chi connectivity index (χ4v) is 4.71. The minimum atomic E-state index is -0.648. The van der Waals surface area contributed by atoms with E-state index in [1.165, 1.54) is 0 Å². The minimum absolute atomic E-state index is 0.0859. The zero-order chi connectivity index (χ0) is 19.8. The SMILES string of the molecule is O=C[C@@H]1CCCN1C(=O)[C@@H]1C[C@@H](CC(=O)N2Cc3cccc(S)c3C2)C(=O)N1. The van der Waals surface area contributed by atoms with Crippen molar-refractivity contribution in [1.82, 2.24) is 15.1 Å². The molecule has 1 N–H and O–H groups in total. The number of benzene rings is 1. The van der Waals surface area contributed by atoms with Crippen LogP contribution in [0.3, 0.4) is 0 Å². The van der Waals surface area contributed by atoms with Gasteiger partial charge in [0.25, 0.3) is 0 Å². The second-order valence-electron chi connectivity index (χ2n) is 7.74. The molecule has 0 spiro atoms.